The van der Waals surface area contributed by atoms with Crippen LogP contribution in [0.5, 0.6) is 11.5 Å². The van der Waals surface area contributed by atoms with Crippen molar-refractivity contribution in [2.45, 2.75) is 12.8 Å². The third-order valence-corrected chi connectivity index (χ3v) is 5.31. The molecule has 1 aromatic rings. The summed E-state index contributed by atoms with van der Waals surface area (Å²) in [7, 11) is -0.0564. The molecule has 7 heteroatoms. The molecule has 0 saturated carbocycles. The topological polar surface area (TPSA) is 81.7 Å². The third-order valence-electron chi connectivity index (χ3n) is 3.48. The zero-order valence-corrected chi connectivity index (χ0v) is 12.9. The van der Waals surface area contributed by atoms with E-state index in [1.165, 1.54) is 14.2 Å². The maximum Gasteiger partial charge on any atom is 0.228 e. The first-order valence-corrected chi connectivity index (χ1v) is 8.50. The first-order valence-electron chi connectivity index (χ1n) is 6.68. The Balaban J connectivity index is 2.09. The van der Waals surface area contributed by atoms with Crippen LogP contribution in [0.15, 0.2) is 18.2 Å². The number of ether oxygens (including phenoxy) is 2. The summed E-state index contributed by atoms with van der Waals surface area (Å²) in [5.41, 5.74) is 0.556. The van der Waals surface area contributed by atoms with Crippen molar-refractivity contribution in [1.82, 2.24) is 0 Å². The molecule has 1 aliphatic rings. The molecule has 1 amide bonds. The molecule has 1 N–H and O–H groups in total. The monoisotopic (exact) mass is 313 g/mol. The Morgan fingerprint density at radius 3 is 2.57 bits per heavy atom. The van der Waals surface area contributed by atoms with Gasteiger partial charge in [-0.1, -0.05) is 0 Å². The second-order valence-corrected chi connectivity index (χ2v) is 7.24. The second kappa shape index (κ2) is 6.34. The lowest BCUT2D eigenvalue weighted by Gasteiger charge is -2.21. The molecule has 1 aromatic carbocycles. The van der Waals surface area contributed by atoms with Crippen molar-refractivity contribution in [3.8, 4) is 11.5 Å². The van der Waals surface area contributed by atoms with Gasteiger partial charge in [0.05, 0.1) is 31.6 Å². The van der Waals surface area contributed by atoms with Crippen LogP contribution in [0.25, 0.3) is 0 Å². The minimum atomic E-state index is -3.10. The highest BCUT2D eigenvalue weighted by atomic mass is 32.2. The molecule has 2 rings (SSSR count). The number of nitrogens with one attached hydrogen (secondary N) is 1. The fourth-order valence-electron chi connectivity index (χ4n) is 2.39. The molecular weight excluding hydrogens is 294 g/mol. The molecule has 6 nitrogen and oxygen atoms in total. The Kier molecular flexibility index (Phi) is 4.72. The first kappa shape index (κ1) is 15.6. The highest BCUT2D eigenvalue weighted by molar-refractivity contribution is 7.91. The summed E-state index contributed by atoms with van der Waals surface area (Å²) >= 11 is 0. The van der Waals surface area contributed by atoms with Gasteiger partial charge in [-0.2, -0.15) is 0 Å². The smallest absolute Gasteiger partial charge is 0.228 e. The molecule has 0 radical (unpaired) electrons. The van der Waals surface area contributed by atoms with Crippen LogP contribution in [-0.2, 0) is 14.6 Å². The van der Waals surface area contributed by atoms with Crippen molar-refractivity contribution in [1.29, 1.82) is 0 Å². The van der Waals surface area contributed by atoms with Gasteiger partial charge < -0.3 is 14.8 Å². The van der Waals surface area contributed by atoms with E-state index >= 15 is 0 Å². The van der Waals surface area contributed by atoms with Crippen LogP contribution in [0.4, 0.5) is 5.69 Å². The average molecular weight is 313 g/mol. The van der Waals surface area contributed by atoms with E-state index in [2.05, 4.69) is 5.32 Å². The average Bonchev–Trinajstić information content (AvgIpc) is 2.46. The minimum Gasteiger partial charge on any atom is -0.493 e. The van der Waals surface area contributed by atoms with Gasteiger partial charge in [0, 0.05) is 11.8 Å². The zero-order valence-electron chi connectivity index (χ0n) is 12.1. The lowest BCUT2D eigenvalue weighted by atomic mass is 10.0. The Bertz CT molecular complexity index is 626. The quantitative estimate of drug-likeness (QED) is 0.910. The van der Waals surface area contributed by atoms with E-state index in [1.54, 1.807) is 18.2 Å². The summed E-state index contributed by atoms with van der Waals surface area (Å²) in [6.07, 6.45) is 1.13. The van der Waals surface area contributed by atoms with Crippen LogP contribution in [0.3, 0.4) is 0 Å². The van der Waals surface area contributed by atoms with Gasteiger partial charge in [-0.05, 0) is 25.0 Å². The Morgan fingerprint density at radius 1 is 1.24 bits per heavy atom. The van der Waals surface area contributed by atoms with Crippen molar-refractivity contribution < 1.29 is 22.7 Å². The number of sulfone groups is 1. The highest BCUT2D eigenvalue weighted by Gasteiger charge is 2.29. The molecule has 0 aliphatic carbocycles. The standard InChI is InChI=1S/C14H19NO5S/c1-19-12-6-5-11(8-13(12)20-2)15-14(16)10-4-3-7-21(17,18)9-10/h5-6,8,10H,3-4,7,9H2,1-2H3,(H,15,16). The summed E-state index contributed by atoms with van der Waals surface area (Å²) in [5.74, 6) is 0.406. The molecule has 1 aliphatic heterocycles. The number of hydrogen-bond acceptors (Lipinski definition) is 5. The normalized spacial score (nSPS) is 20.6. The molecular formula is C14H19NO5S. The SMILES string of the molecule is COc1ccc(NC(=O)C2CCCS(=O)(=O)C2)cc1OC. The van der Waals surface area contributed by atoms with E-state index in [0.29, 0.717) is 30.0 Å². The van der Waals surface area contributed by atoms with Crippen LogP contribution >= 0.6 is 0 Å². The molecule has 1 atom stereocenters. The van der Waals surface area contributed by atoms with E-state index < -0.39 is 15.8 Å². The molecule has 0 spiro atoms. The van der Waals surface area contributed by atoms with E-state index in [0.717, 1.165) is 0 Å². The molecule has 0 bridgehead atoms. The van der Waals surface area contributed by atoms with Gasteiger partial charge in [0.1, 0.15) is 0 Å². The van der Waals surface area contributed by atoms with Gasteiger partial charge in [0.25, 0.3) is 0 Å². The highest BCUT2D eigenvalue weighted by Crippen LogP contribution is 2.30. The Morgan fingerprint density at radius 2 is 1.95 bits per heavy atom. The molecule has 1 fully saturated rings. The van der Waals surface area contributed by atoms with Crippen molar-refractivity contribution in [3.05, 3.63) is 18.2 Å². The minimum absolute atomic E-state index is 0.0773. The summed E-state index contributed by atoms with van der Waals surface area (Å²) < 4.78 is 33.5. The lowest BCUT2D eigenvalue weighted by molar-refractivity contribution is -0.119. The molecule has 0 aromatic heterocycles. The second-order valence-electron chi connectivity index (χ2n) is 5.01. The van der Waals surface area contributed by atoms with Gasteiger partial charge in [0.2, 0.25) is 5.91 Å². The molecule has 116 valence electrons. The number of anilines is 1. The van der Waals surface area contributed by atoms with Crippen molar-refractivity contribution in [3.63, 3.8) is 0 Å². The van der Waals surface area contributed by atoms with Crippen LogP contribution in [0, 0.1) is 5.92 Å². The molecule has 1 heterocycles. The maximum absolute atomic E-state index is 12.2. The van der Waals surface area contributed by atoms with Gasteiger partial charge in [-0.15, -0.1) is 0 Å². The van der Waals surface area contributed by atoms with E-state index in [-0.39, 0.29) is 17.4 Å². The Hall–Kier alpha value is -1.76. The molecule has 1 unspecified atom stereocenters. The van der Waals surface area contributed by atoms with E-state index in [1.807, 2.05) is 0 Å². The van der Waals surface area contributed by atoms with Gasteiger partial charge in [0.15, 0.2) is 21.3 Å². The predicted octanol–water partition coefficient (Wildman–Crippen LogP) is 1.47. The molecule has 21 heavy (non-hydrogen) atoms. The summed E-state index contributed by atoms with van der Waals surface area (Å²) in [6, 6.07) is 5.02. The third kappa shape index (κ3) is 3.87. The summed E-state index contributed by atoms with van der Waals surface area (Å²) in [5, 5.41) is 2.74. The number of benzene rings is 1. The van der Waals surface area contributed by atoms with Gasteiger partial charge in [-0.25, -0.2) is 8.42 Å². The van der Waals surface area contributed by atoms with Crippen molar-refractivity contribution in [2.24, 2.45) is 5.92 Å². The number of hydrogen-bond donors (Lipinski definition) is 1. The summed E-state index contributed by atoms with van der Waals surface area (Å²) in [6.45, 7) is 0. The van der Waals surface area contributed by atoms with E-state index in [9.17, 15) is 13.2 Å². The van der Waals surface area contributed by atoms with Crippen molar-refractivity contribution in [2.75, 3.05) is 31.0 Å². The Labute approximate surface area is 124 Å². The fraction of sp³-hybridized carbons (Fsp3) is 0.500. The number of carbonyl (C=O) groups is 1. The fourth-order valence-corrected chi connectivity index (χ4v) is 4.09. The number of methoxy groups -OCH3 is 2. The van der Waals surface area contributed by atoms with Crippen LogP contribution in [-0.4, -0.2) is 40.1 Å². The van der Waals surface area contributed by atoms with Crippen LogP contribution in [0.2, 0.25) is 0 Å². The zero-order chi connectivity index (χ0) is 15.5. The van der Waals surface area contributed by atoms with E-state index in [4.69, 9.17) is 9.47 Å². The maximum atomic E-state index is 12.2. The van der Waals surface area contributed by atoms with Gasteiger partial charge >= 0.3 is 0 Å². The molecule has 1 saturated heterocycles. The number of carbonyl (C=O) groups excluding carboxylic acids is 1. The van der Waals surface area contributed by atoms with Crippen LogP contribution in [0.1, 0.15) is 12.8 Å². The van der Waals surface area contributed by atoms with Crippen LogP contribution < -0.4 is 14.8 Å². The summed E-state index contributed by atoms with van der Waals surface area (Å²) in [4.78, 5) is 12.2. The van der Waals surface area contributed by atoms with Crippen molar-refractivity contribution >= 4 is 21.4 Å². The van der Waals surface area contributed by atoms with Gasteiger partial charge in [-0.3, -0.25) is 4.79 Å². The predicted molar refractivity (Wildman–Crippen MR) is 79.6 cm³/mol. The first-order chi connectivity index (χ1) is 9.95. The lowest BCUT2D eigenvalue weighted by Crippen LogP contribution is -2.34. The number of rotatable bonds is 4. The largest absolute Gasteiger partial charge is 0.493 e. The number of amides is 1.